The Labute approximate surface area is 173 Å². The average Bonchev–Trinajstić information content (AvgIpc) is 2.73. The zero-order valence-corrected chi connectivity index (χ0v) is 16.9. The molecule has 30 heavy (non-hydrogen) atoms. The van der Waals surface area contributed by atoms with E-state index in [0.717, 1.165) is 32.4 Å². The summed E-state index contributed by atoms with van der Waals surface area (Å²) in [6.07, 6.45) is 0. The number of benzene rings is 3. The Morgan fingerprint density at radius 1 is 1.07 bits per heavy atom. The van der Waals surface area contributed by atoms with Crippen molar-refractivity contribution in [1.29, 1.82) is 0 Å². The number of rotatable bonds is 6. The standard InChI is InChI=1S/C24H22N2O4/c1-26(15-22(27)25-18-8-10-19(29-2)11-9-18)14-17-13-23(28)30-21-12-7-16-5-3-4-6-20(16)24(17)21/h3-13H,14-15H2,1-2H3,(H,25,27)/p+1. The lowest BCUT2D eigenvalue weighted by Crippen LogP contribution is -3.08. The van der Waals surface area contributed by atoms with Gasteiger partial charge in [-0.05, 0) is 41.1 Å². The Morgan fingerprint density at radius 3 is 2.60 bits per heavy atom. The van der Waals surface area contributed by atoms with E-state index in [0.29, 0.717) is 17.8 Å². The Kier molecular flexibility index (Phi) is 5.50. The topological polar surface area (TPSA) is 73.0 Å². The first-order valence-electron chi connectivity index (χ1n) is 9.73. The molecule has 1 amide bonds. The summed E-state index contributed by atoms with van der Waals surface area (Å²) in [5.41, 5.74) is 1.76. The molecule has 0 aliphatic carbocycles. The van der Waals surface area contributed by atoms with E-state index in [1.807, 2.05) is 43.4 Å². The van der Waals surface area contributed by atoms with Gasteiger partial charge in [-0.1, -0.05) is 30.3 Å². The van der Waals surface area contributed by atoms with Gasteiger partial charge in [0.05, 0.1) is 14.2 Å². The van der Waals surface area contributed by atoms with E-state index in [1.165, 1.54) is 6.07 Å². The third-order valence-corrected chi connectivity index (χ3v) is 5.04. The van der Waals surface area contributed by atoms with Gasteiger partial charge in [-0.3, -0.25) is 4.79 Å². The minimum Gasteiger partial charge on any atom is -0.497 e. The van der Waals surface area contributed by atoms with Gasteiger partial charge in [0.15, 0.2) is 6.54 Å². The smallest absolute Gasteiger partial charge is 0.336 e. The molecule has 0 saturated carbocycles. The van der Waals surface area contributed by atoms with Gasteiger partial charge < -0.3 is 19.4 Å². The molecule has 4 rings (SSSR count). The second-order valence-electron chi connectivity index (χ2n) is 7.34. The van der Waals surface area contributed by atoms with Crippen molar-refractivity contribution >= 4 is 33.3 Å². The van der Waals surface area contributed by atoms with Gasteiger partial charge in [0.1, 0.15) is 17.9 Å². The Bertz CT molecular complexity index is 1260. The Balaban J connectivity index is 1.55. The van der Waals surface area contributed by atoms with Crippen LogP contribution in [0.4, 0.5) is 5.69 Å². The van der Waals surface area contributed by atoms with Crippen LogP contribution >= 0.6 is 0 Å². The van der Waals surface area contributed by atoms with Gasteiger partial charge in [0, 0.05) is 22.7 Å². The highest BCUT2D eigenvalue weighted by Crippen LogP contribution is 2.27. The number of hydrogen-bond donors (Lipinski definition) is 2. The number of quaternary nitrogens is 1. The maximum Gasteiger partial charge on any atom is 0.336 e. The van der Waals surface area contributed by atoms with Crippen molar-refractivity contribution in [2.24, 2.45) is 0 Å². The molecular weight excluding hydrogens is 380 g/mol. The number of fused-ring (bicyclic) bond motifs is 3. The highest BCUT2D eigenvalue weighted by Gasteiger charge is 2.16. The minimum absolute atomic E-state index is 0.102. The first-order valence-corrected chi connectivity index (χ1v) is 9.73. The minimum atomic E-state index is -0.386. The number of ether oxygens (including phenoxy) is 1. The zero-order valence-electron chi connectivity index (χ0n) is 16.9. The molecule has 1 heterocycles. The van der Waals surface area contributed by atoms with E-state index in [4.69, 9.17) is 9.15 Å². The molecule has 1 atom stereocenters. The molecule has 2 N–H and O–H groups in total. The lowest BCUT2D eigenvalue weighted by Gasteiger charge is -2.15. The number of hydrogen-bond acceptors (Lipinski definition) is 4. The number of carbonyl (C=O) groups excluding carboxylic acids is 1. The van der Waals surface area contributed by atoms with Crippen molar-refractivity contribution in [2.75, 3.05) is 26.0 Å². The van der Waals surface area contributed by atoms with Crippen LogP contribution in [0.3, 0.4) is 0 Å². The number of anilines is 1. The summed E-state index contributed by atoms with van der Waals surface area (Å²) in [5.74, 6) is 0.632. The third-order valence-electron chi connectivity index (χ3n) is 5.04. The predicted molar refractivity (Wildman–Crippen MR) is 117 cm³/mol. The summed E-state index contributed by atoms with van der Waals surface area (Å²) in [5, 5.41) is 5.92. The van der Waals surface area contributed by atoms with E-state index < -0.39 is 0 Å². The largest absolute Gasteiger partial charge is 0.497 e. The van der Waals surface area contributed by atoms with Crippen LogP contribution in [-0.2, 0) is 11.3 Å². The molecule has 1 aromatic heterocycles. The average molecular weight is 403 g/mol. The molecular formula is C24H23N2O4+. The summed E-state index contributed by atoms with van der Waals surface area (Å²) in [7, 11) is 3.53. The van der Waals surface area contributed by atoms with E-state index in [1.54, 1.807) is 31.4 Å². The van der Waals surface area contributed by atoms with Crippen molar-refractivity contribution in [3.05, 3.63) is 82.7 Å². The van der Waals surface area contributed by atoms with Crippen LogP contribution in [0.1, 0.15) is 5.56 Å². The first kappa shape index (κ1) is 19.7. The van der Waals surface area contributed by atoms with Crippen LogP contribution in [-0.4, -0.2) is 26.6 Å². The quantitative estimate of drug-likeness (QED) is 0.383. The van der Waals surface area contributed by atoms with E-state index in [2.05, 4.69) is 5.32 Å². The molecule has 0 aliphatic heterocycles. The highest BCUT2D eigenvalue weighted by atomic mass is 16.5. The first-order chi connectivity index (χ1) is 14.5. The number of carbonyl (C=O) groups is 1. The summed E-state index contributed by atoms with van der Waals surface area (Å²) in [4.78, 5) is 25.5. The maximum absolute atomic E-state index is 12.5. The van der Waals surface area contributed by atoms with Gasteiger partial charge in [-0.2, -0.15) is 0 Å². The van der Waals surface area contributed by atoms with Gasteiger partial charge >= 0.3 is 5.63 Å². The lowest BCUT2D eigenvalue weighted by atomic mass is 10.0. The fourth-order valence-electron chi connectivity index (χ4n) is 3.70. The Morgan fingerprint density at radius 2 is 1.83 bits per heavy atom. The molecule has 152 valence electrons. The van der Waals surface area contributed by atoms with E-state index in [9.17, 15) is 9.59 Å². The van der Waals surface area contributed by atoms with Crippen molar-refractivity contribution in [1.82, 2.24) is 0 Å². The molecule has 0 fully saturated rings. The van der Waals surface area contributed by atoms with Crippen molar-refractivity contribution in [2.45, 2.75) is 6.54 Å². The molecule has 0 spiro atoms. The molecule has 1 unspecified atom stereocenters. The zero-order chi connectivity index (χ0) is 21.1. The molecule has 6 heteroatoms. The van der Waals surface area contributed by atoms with Gasteiger partial charge in [0.25, 0.3) is 5.91 Å². The number of amides is 1. The van der Waals surface area contributed by atoms with Crippen molar-refractivity contribution < 1.29 is 18.8 Å². The van der Waals surface area contributed by atoms with Crippen molar-refractivity contribution in [3.63, 3.8) is 0 Å². The lowest BCUT2D eigenvalue weighted by molar-refractivity contribution is -0.885. The summed E-state index contributed by atoms with van der Waals surface area (Å²) < 4.78 is 10.5. The molecule has 0 saturated heterocycles. The van der Waals surface area contributed by atoms with Crippen LogP contribution < -0.4 is 20.6 Å². The fourth-order valence-corrected chi connectivity index (χ4v) is 3.70. The third kappa shape index (κ3) is 4.18. The normalized spacial score (nSPS) is 12.1. The summed E-state index contributed by atoms with van der Waals surface area (Å²) >= 11 is 0. The SMILES string of the molecule is COc1ccc(NC(=O)C[NH+](C)Cc2cc(=O)oc3ccc4ccccc4c23)cc1. The highest BCUT2D eigenvalue weighted by molar-refractivity contribution is 6.07. The fraction of sp³-hybridized carbons (Fsp3) is 0.167. The second-order valence-corrected chi connectivity index (χ2v) is 7.34. The van der Waals surface area contributed by atoms with Crippen molar-refractivity contribution in [3.8, 4) is 5.75 Å². The van der Waals surface area contributed by atoms with Crippen LogP contribution in [0.25, 0.3) is 21.7 Å². The monoisotopic (exact) mass is 403 g/mol. The second kappa shape index (κ2) is 8.39. The Hall–Kier alpha value is -3.64. The van der Waals surface area contributed by atoms with Gasteiger partial charge in [-0.25, -0.2) is 4.79 Å². The van der Waals surface area contributed by atoms with Crippen LogP contribution in [0, 0.1) is 0 Å². The van der Waals surface area contributed by atoms with Crippen LogP contribution in [0.5, 0.6) is 5.75 Å². The van der Waals surface area contributed by atoms with Crippen LogP contribution in [0.2, 0.25) is 0 Å². The maximum atomic E-state index is 12.5. The predicted octanol–water partition coefficient (Wildman–Crippen LogP) is 2.61. The summed E-state index contributed by atoms with van der Waals surface area (Å²) in [6.45, 7) is 0.782. The number of methoxy groups -OCH3 is 1. The van der Waals surface area contributed by atoms with E-state index in [-0.39, 0.29) is 18.1 Å². The number of nitrogens with one attached hydrogen (secondary N) is 2. The molecule has 6 nitrogen and oxygen atoms in total. The van der Waals surface area contributed by atoms with Gasteiger partial charge in [0.2, 0.25) is 0 Å². The number of likely N-dealkylation sites (N-methyl/N-ethyl adjacent to an activating group) is 1. The molecule has 0 radical (unpaired) electrons. The molecule has 0 bridgehead atoms. The van der Waals surface area contributed by atoms with Crippen LogP contribution in [0.15, 0.2) is 75.9 Å². The molecule has 4 aromatic rings. The van der Waals surface area contributed by atoms with Gasteiger partial charge in [-0.15, -0.1) is 0 Å². The summed E-state index contributed by atoms with van der Waals surface area (Å²) in [6, 6.07) is 20.5. The molecule has 0 aliphatic rings. The van der Waals surface area contributed by atoms with E-state index >= 15 is 0 Å². The molecule has 3 aromatic carbocycles.